The summed E-state index contributed by atoms with van der Waals surface area (Å²) in [5.41, 5.74) is 0. The molecule has 0 aromatic carbocycles. The molecule has 0 bridgehead atoms. The summed E-state index contributed by atoms with van der Waals surface area (Å²) < 4.78 is 0. The molecule has 6 heteroatoms. The second-order valence-corrected chi connectivity index (χ2v) is 8.84. The van der Waals surface area contributed by atoms with Crippen molar-refractivity contribution in [3.8, 4) is 0 Å². The fraction of sp³-hybridized carbons (Fsp3) is 0.941. The first-order valence-corrected chi connectivity index (χ1v) is 10.1. The van der Waals surface area contributed by atoms with E-state index >= 15 is 0 Å². The number of urea groups is 1. The quantitative estimate of drug-likeness (QED) is 0.825. The molecule has 2 aliphatic heterocycles. The number of carbonyl (C=O) groups excluding carboxylic acids is 1. The van der Waals surface area contributed by atoms with Crippen LogP contribution in [-0.4, -0.2) is 91.1 Å². The number of piperazine rings is 1. The van der Waals surface area contributed by atoms with E-state index in [2.05, 4.69) is 42.9 Å². The molecule has 1 N–H and O–H groups in total. The number of rotatable bonds is 5. The van der Waals surface area contributed by atoms with Gasteiger partial charge in [-0.2, -0.15) is 11.8 Å². The molecule has 0 aromatic rings. The molecule has 0 aromatic heterocycles. The van der Waals surface area contributed by atoms with E-state index in [4.69, 9.17) is 0 Å². The molecule has 5 nitrogen and oxygen atoms in total. The third-order valence-electron chi connectivity index (χ3n) is 4.89. The van der Waals surface area contributed by atoms with Crippen LogP contribution in [0.1, 0.15) is 20.8 Å². The molecule has 134 valence electrons. The van der Waals surface area contributed by atoms with Crippen molar-refractivity contribution < 1.29 is 4.79 Å². The number of hydrogen-bond donors (Lipinski definition) is 1. The molecule has 0 spiro atoms. The van der Waals surface area contributed by atoms with Gasteiger partial charge in [0.15, 0.2) is 0 Å². The zero-order valence-electron chi connectivity index (χ0n) is 15.3. The summed E-state index contributed by atoms with van der Waals surface area (Å²) in [4.78, 5) is 19.3. The van der Waals surface area contributed by atoms with E-state index in [1.807, 2.05) is 16.7 Å². The molecule has 0 aliphatic carbocycles. The standard InChI is InChI=1S/C17H34N4OS/c1-14(2)16-13-21(9-10-23-16)17(22)18-11-15(3)12-20-7-5-19(4)6-8-20/h14-16H,5-13H2,1-4H3,(H,18,22)/t15-,16+/m1/s1. The summed E-state index contributed by atoms with van der Waals surface area (Å²) in [5, 5.41) is 3.73. The predicted molar refractivity (Wildman–Crippen MR) is 99.2 cm³/mol. The minimum absolute atomic E-state index is 0.126. The molecule has 2 saturated heterocycles. The molecular formula is C17H34N4OS. The number of nitrogens with zero attached hydrogens (tertiary/aromatic N) is 3. The normalized spacial score (nSPS) is 25.6. The SMILES string of the molecule is CC(C)[C@@H]1CN(C(=O)NC[C@@H](C)CN2CCN(C)CC2)CCS1. The monoisotopic (exact) mass is 342 g/mol. The Morgan fingerprint density at radius 2 is 1.87 bits per heavy atom. The van der Waals surface area contributed by atoms with Gasteiger partial charge in [0.1, 0.15) is 0 Å². The molecule has 2 fully saturated rings. The maximum atomic E-state index is 12.4. The lowest BCUT2D eigenvalue weighted by Crippen LogP contribution is -2.50. The van der Waals surface area contributed by atoms with E-state index in [-0.39, 0.29) is 6.03 Å². The van der Waals surface area contributed by atoms with Gasteiger partial charge in [-0.05, 0) is 18.9 Å². The van der Waals surface area contributed by atoms with E-state index in [0.717, 1.165) is 58.1 Å². The molecular weight excluding hydrogens is 308 g/mol. The van der Waals surface area contributed by atoms with Gasteiger partial charge in [-0.15, -0.1) is 0 Å². The fourth-order valence-electron chi connectivity index (χ4n) is 3.17. The molecule has 2 amide bonds. The van der Waals surface area contributed by atoms with Crippen molar-refractivity contribution in [1.82, 2.24) is 20.0 Å². The van der Waals surface area contributed by atoms with Crippen LogP contribution in [0.15, 0.2) is 0 Å². The van der Waals surface area contributed by atoms with Gasteiger partial charge in [-0.3, -0.25) is 0 Å². The van der Waals surface area contributed by atoms with Gasteiger partial charge < -0.3 is 20.0 Å². The average Bonchev–Trinajstić information content (AvgIpc) is 2.55. The Bertz CT molecular complexity index is 372. The molecule has 23 heavy (non-hydrogen) atoms. The summed E-state index contributed by atoms with van der Waals surface area (Å²) in [6.07, 6.45) is 0. The number of carbonyl (C=O) groups is 1. The van der Waals surface area contributed by atoms with Crippen LogP contribution in [-0.2, 0) is 0 Å². The third-order valence-corrected chi connectivity index (χ3v) is 6.43. The summed E-state index contributed by atoms with van der Waals surface area (Å²) in [6, 6.07) is 0.126. The van der Waals surface area contributed by atoms with Crippen molar-refractivity contribution >= 4 is 17.8 Å². The zero-order valence-corrected chi connectivity index (χ0v) is 16.1. The van der Waals surface area contributed by atoms with Gasteiger partial charge in [0, 0.05) is 63.4 Å². The topological polar surface area (TPSA) is 38.8 Å². The minimum Gasteiger partial charge on any atom is -0.338 e. The predicted octanol–water partition coefficient (Wildman–Crippen LogP) is 1.65. The molecule has 0 radical (unpaired) electrons. The van der Waals surface area contributed by atoms with E-state index in [1.54, 1.807) is 0 Å². The highest BCUT2D eigenvalue weighted by molar-refractivity contribution is 8.00. The van der Waals surface area contributed by atoms with Crippen molar-refractivity contribution in [2.24, 2.45) is 11.8 Å². The van der Waals surface area contributed by atoms with E-state index in [9.17, 15) is 4.79 Å². The lowest BCUT2D eigenvalue weighted by molar-refractivity contribution is 0.137. The molecule has 2 atom stereocenters. The van der Waals surface area contributed by atoms with E-state index in [1.165, 1.54) is 0 Å². The van der Waals surface area contributed by atoms with Crippen molar-refractivity contribution in [1.29, 1.82) is 0 Å². The molecule has 2 heterocycles. The first-order valence-electron chi connectivity index (χ1n) is 9.01. The number of likely N-dealkylation sites (N-methyl/N-ethyl adjacent to an activating group) is 1. The Morgan fingerprint density at radius 3 is 2.52 bits per heavy atom. The molecule has 2 rings (SSSR count). The van der Waals surface area contributed by atoms with Crippen molar-refractivity contribution in [3.63, 3.8) is 0 Å². The number of hydrogen-bond acceptors (Lipinski definition) is 4. The van der Waals surface area contributed by atoms with Crippen molar-refractivity contribution in [2.75, 3.05) is 65.2 Å². The fourth-order valence-corrected chi connectivity index (χ4v) is 4.47. The van der Waals surface area contributed by atoms with Gasteiger partial charge in [-0.1, -0.05) is 20.8 Å². The van der Waals surface area contributed by atoms with E-state index in [0.29, 0.717) is 17.1 Å². The first-order chi connectivity index (χ1) is 11.0. The van der Waals surface area contributed by atoms with Gasteiger partial charge in [0.25, 0.3) is 0 Å². The van der Waals surface area contributed by atoms with Crippen LogP contribution < -0.4 is 5.32 Å². The van der Waals surface area contributed by atoms with Gasteiger partial charge in [0.05, 0.1) is 0 Å². The Kier molecular flexibility index (Phi) is 7.50. The Hall–Kier alpha value is -0.460. The van der Waals surface area contributed by atoms with Gasteiger partial charge in [-0.25, -0.2) is 4.79 Å². The number of nitrogens with one attached hydrogen (secondary N) is 1. The molecule has 0 unspecified atom stereocenters. The van der Waals surface area contributed by atoms with Crippen molar-refractivity contribution in [2.45, 2.75) is 26.0 Å². The van der Waals surface area contributed by atoms with Crippen LogP contribution in [0.5, 0.6) is 0 Å². The van der Waals surface area contributed by atoms with Crippen LogP contribution in [0.4, 0.5) is 4.79 Å². The lowest BCUT2D eigenvalue weighted by atomic mass is 10.1. The van der Waals surface area contributed by atoms with Crippen LogP contribution in [0.25, 0.3) is 0 Å². The highest BCUT2D eigenvalue weighted by atomic mass is 32.2. The smallest absolute Gasteiger partial charge is 0.317 e. The molecule has 2 aliphatic rings. The maximum Gasteiger partial charge on any atom is 0.317 e. The lowest BCUT2D eigenvalue weighted by Gasteiger charge is -2.35. The summed E-state index contributed by atoms with van der Waals surface area (Å²) in [5.74, 6) is 2.20. The molecule has 0 saturated carbocycles. The van der Waals surface area contributed by atoms with Crippen LogP contribution in [0, 0.1) is 11.8 Å². The van der Waals surface area contributed by atoms with Gasteiger partial charge >= 0.3 is 6.03 Å². The highest BCUT2D eigenvalue weighted by Gasteiger charge is 2.26. The van der Waals surface area contributed by atoms with Gasteiger partial charge in [0.2, 0.25) is 0 Å². The van der Waals surface area contributed by atoms with Crippen LogP contribution in [0.3, 0.4) is 0 Å². The van der Waals surface area contributed by atoms with Crippen LogP contribution >= 0.6 is 11.8 Å². The summed E-state index contributed by atoms with van der Waals surface area (Å²) in [7, 11) is 2.18. The highest BCUT2D eigenvalue weighted by Crippen LogP contribution is 2.24. The Labute approximate surface area is 146 Å². The Morgan fingerprint density at radius 1 is 1.17 bits per heavy atom. The second-order valence-electron chi connectivity index (χ2n) is 7.49. The third kappa shape index (κ3) is 6.16. The number of thioether (sulfide) groups is 1. The van der Waals surface area contributed by atoms with E-state index < -0.39 is 0 Å². The zero-order chi connectivity index (χ0) is 16.8. The summed E-state index contributed by atoms with van der Waals surface area (Å²) in [6.45, 7) is 15.0. The largest absolute Gasteiger partial charge is 0.338 e. The number of amides is 2. The summed E-state index contributed by atoms with van der Waals surface area (Å²) >= 11 is 2.01. The van der Waals surface area contributed by atoms with Crippen LogP contribution in [0.2, 0.25) is 0 Å². The first kappa shape index (κ1) is 18.9. The second kappa shape index (κ2) is 9.14. The maximum absolute atomic E-state index is 12.4. The average molecular weight is 343 g/mol. The minimum atomic E-state index is 0.126. The Balaban J connectivity index is 1.67. The van der Waals surface area contributed by atoms with Crippen molar-refractivity contribution in [3.05, 3.63) is 0 Å².